The molecule has 1 atom stereocenters. The molecule has 84 valence electrons. The van der Waals surface area contributed by atoms with E-state index in [1.54, 1.807) is 19.5 Å². The average molecular weight is 218 g/mol. The second kappa shape index (κ2) is 4.85. The fraction of sp³-hybridized carbons (Fsp3) is 0.364. The number of hydrogen-bond donors (Lipinski definition) is 1. The molecule has 2 aromatic rings. The van der Waals surface area contributed by atoms with Crippen molar-refractivity contribution in [1.82, 2.24) is 15.0 Å². The van der Waals surface area contributed by atoms with E-state index < -0.39 is 0 Å². The van der Waals surface area contributed by atoms with Gasteiger partial charge >= 0.3 is 0 Å². The Bertz CT molecular complexity index is 474. The highest BCUT2D eigenvalue weighted by atomic mass is 16.5. The summed E-state index contributed by atoms with van der Waals surface area (Å²) in [6, 6.07) is 3.79. The van der Waals surface area contributed by atoms with Crippen LogP contribution >= 0.6 is 0 Å². The number of rotatable bonds is 4. The number of fused-ring (bicyclic) bond motifs is 1. The molecule has 16 heavy (non-hydrogen) atoms. The molecule has 0 aliphatic rings. The van der Waals surface area contributed by atoms with E-state index in [-0.39, 0.29) is 6.10 Å². The first kappa shape index (κ1) is 10.8. The predicted octanol–water partition coefficient (Wildman–Crippen LogP) is 1.47. The molecule has 1 unspecified atom stereocenters. The van der Waals surface area contributed by atoms with Gasteiger partial charge in [0.1, 0.15) is 11.3 Å². The number of hydrogen-bond acceptors (Lipinski definition) is 5. The molecule has 2 heterocycles. The van der Waals surface area contributed by atoms with Crippen LogP contribution in [0, 0.1) is 0 Å². The number of pyridine rings is 1. The lowest BCUT2D eigenvalue weighted by molar-refractivity contribution is 0.128. The van der Waals surface area contributed by atoms with E-state index in [0.29, 0.717) is 5.65 Å². The maximum atomic E-state index is 5.14. The first-order valence-corrected chi connectivity index (χ1v) is 5.14. The summed E-state index contributed by atoms with van der Waals surface area (Å²) in [5.41, 5.74) is 1.45. The molecule has 2 rings (SSSR count). The van der Waals surface area contributed by atoms with E-state index in [1.807, 2.05) is 19.1 Å². The van der Waals surface area contributed by atoms with Crippen molar-refractivity contribution in [3.8, 4) is 0 Å². The number of anilines is 1. The number of aromatic nitrogens is 3. The molecule has 0 radical (unpaired) electrons. The van der Waals surface area contributed by atoms with Crippen molar-refractivity contribution in [3.63, 3.8) is 0 Å². The van der Waals surface area contributed by atoms with Crippen LogP contribution in [0.4, 0.5) is 5.82 Å². The van der Waals surface area contributed by atoms with Crippen molar-refractivity contribution in [3.05, 3.63) is 24.5 Å². The standard InChI is InChI=1S/C11H14N4O/c1-8(16-2)7-14-10-4-3-9-11(15-10)13-6-5-12-9/h3-6,8H,7H2,1-2H3,(H,13,14,15). The maximum absolute atomic E-state index is 5.14. The monoisotopic (exact) mass is 218 g/mol. The summed E-state index contributed by atoms with van der Waals surface area (Å²) >= 11 is 0. The Morgan fingerprint density at radius 2 is 2.12 bits per heavy atom. The minimum absolute atomic E-state index is 0.152. The zero-order valence-electron chi connectivity index (χ0n) is 9.34. The van der Waals surface area contributed by atoms with Crippen molar-refractivity contribution in [2.45, 2.75) is 13.0 Å². The molecule has 5 nitrogen and oxygen atoms in total. The summed E-state index contributed by atoms with van der Waals surface area (Å²) < 4.78 is 5.14. The first-order chi connectivity index (χ1) is 7.79. The molecule has 2 aromatic heterocycles. The number of nitrogens with one attached hydrogen (secondary N) is 1. The molecule has 0 saturated carbocycles. The number of methoxy groups -OCH3 is 1. The third-order valence-corrected chi connectivity index (χ3v) is 2.30. The van der Waals surface area contributed by atoms with Gasteiger partial charge in [0, 0.05) is 26.0 Å². The van der Waals surface area contributed by atoms with Crippen LogP contribution in [0.25, 0.3) is 11.2 Å². The highest BCUT2D eigenvalue weighted by Crippen LogP contribution is 2.09. The van der Waals surface area contributed by atoms with Gasteiger partial charge in [0.05, 0.1) is 6.10 Å². The quantitative estimate of drug-likeness (QED) is 0.842. The van der Waals surface area contributed by atoms with Gasteiger partial charge in [-0.25, -0.2) is 9.97 Å². The van der Waals surface area contributed by atoms with Gasteiger partial charge < -0.3 is 10.1 Å². The van der Waals surface area contributed by atoms with Gasteiger partial charge in [0.25, 0.3) is 0 Å². The Morgan fingerprint density at radius 3 is 2.94 bits per heavy atom. The van der Waals surface area contributed by atoms with Crippen LogP contribution < -0.4 is 5.32 Å². The minimum atomic E-state index is 0.152. The van der Waals surface area contributed by atoms with Gasteiger partial charge in [-0.2, -0.15) is 0 Å². The third kappa shape index (κ3) is 2.43. The molecule has 0 amide bonds. The summed E-state index contributed by atoms with van der Waals surface area (Å²) in [6.45, 7) is 2.71. The van der Waals surface area contributed by atoms with Crippen LogP contribution in [-0.2, 0) is 4.74 Å². The lowest BCUT2D eigenvalue weighted by Gasteiger charge is -2.11. The molecule has 5 heteroatoms. The molecular weight excluding hydrogens is 204 g/mol. The largest absolute Gasteiger partial charge is 0.380 e. The zero-order chi connectivity index (χ0) is 11.4. The second-order valence-corrected chi connectivity index (χ2v) is 3.52. The Labute approximate surface area is 93.9 Å². The second-order valence-electron chi connectivity index (χ2n) is 3.52. The molecule has 1 N–H and O–H groups in total. The highest BCUT2D eigenvalue weighted by molar-refractivity contribution is 5.71. The normalized spacial score (nSPS) is 12.6. The fourth-order valence-electron chi connectivity index (χ4n) is 1.28. The third-order valence-electron chi connectivity index (χ3n) is 2.30. The van der Waals surface area contributed by atoms with Crippen molar-refractivity contribution < 1.29 is 4.74 Å². The van der Waals surface area contributed by atoms with E-state index in [4.69, 9.17) is 4.74 Å². The van der Waals surface area contributed by atoms with Crippen molar-refractivity contribution >= 4 is 17.0 Å². The lowest BCUT2D eigenvalue weighted by Crippen LogP contribution is -2.18. The van der Waals surface area contributed by atoms with Crippen LogP contribution in [-0.4, -0.2) is 34.7 Å². The summed E-state index contributed by atoms with van der Waals surface area (Å²) in [7, 11) is 1.69. The summed E-state index contributed by atoms with van der Waals surface area (Å²) in [6.07, 6.45) is 3.44. The van der Waals surface area contributed by atoms with E-state index in [2.05, 4.69) is 20.3 Å². The molecule has 0 aliphatic heterocycles. The van der Waals surface area contributed by atoms with Crippen LogP contribution in [0.5, 0.6) is 0 Å². The molecule has 0 spiro atoms. The van der Waals surface area contributed by atoms with Crippen LogP contribution in [0.15, 0.2) is 24.5 Å². The molecule has 0 fully saturated rings. The highest BCUT2D eigenvalue weighted by Gasteiger charge is 2.02. The SMILES string of the molecule is COC(C)CNc1ccc2nccnc2n1. The summed E-state index contributed by atoms with van der Waals surface area (Å²) in [5, 5.41) is 3.18. The first-order valence-electron chi connectivity index (χ1n) is 5.14. The molecule has 0 bridgehead atoms. The smallest absolute Gasteiger partial charge is 0.180 e. The molecule has 0 aliphatic carbocycles. The summed E-state index contributed by atoms with van der Waals surface area (Å²) in [4.78, 5) is 12.6. The van der Waals surface area contributed by atoms with Crippen molar-refractivity contribution in [2.75, 3.05) is 19.0 Å². The Hall–Kier alpha value is -1.75. The molecule has 0 aromatic carbocycles. The number of ether oxygens (including phenoxy) is 1. The predicted molar refractivity (Wildman–Crippen MR) is 62.3 cm³/mol. The van der Waals surface area contributed by atoms with Gasteiger partial charge in [-0.3, -0.25) is 4.98 Å². The molecule has 0 saturated heterocycles. The maximum Gasteiger partial charge on any atom is 0.180 e. The van der Waals surface area contributed by atoms with Gasteiger partial charge in [0.15, 0.2) is 5.65 Å². The van der Waals surface area contributed by atoms with Crippen LogP contribution in [0.1, 0.15) is 6.92 Å². The fourth-order valence-corrected chi connectivity index (χ4v) is 1.28. The van der Waals surface area contributed by atoms with Gasteiger partial charge in [-0.1, -0.05) is 0 Å². The van der Waals surface area contributed by atoms with E-state index in [0.717, 1.165) is 17.9 Å². The Kier molecular flexibility index (Phi) is 3.26. The average Bonchev–Trinajstić information content (AvgIpc) is 2.35. The Morgan fingerprint density at radius 1 is 1.31 bits per heavy atom. The Balaban J connectivity index is 2.13. The van der Waals surface area contributed by atoms with Crippen molar-refractivity contribution in [1.29, 1.82) is 0 Å². The van der Waals surface area contributed by atoms with Crippen molar-refractivity contribution in [2.24, 2.45) is 0 Å². The number of nitrogens with zero attached hydrogens (tertiary/aromatic N) is 3. The topological polar surface area (TPSA) is 59.9 Å². The van der Waals surface area contributed by atoms with Gasteiger partial charge in [-0.15, -0.1) is 0 Å². The lowest BCUT2D eigenvalue weighted by atomic mass is 10.3. The van der Waals surface area contributed by atoms with Crippen LogP contribution in [0.2, 0.25) is 0 Å². The van der Waals surface area contributed by atoms with E-state index in [1.165, 1.54) is 0 Å². The minimum Gasteiger partial charge on any atom is -0.380 e. The van der Waals surface area contributed by atoms with Crippen LogP contribution in [0.3, 0.4) is 0 Å². The summed E-state index contributed by atoms with van der Waals surface area (Å²) in [5.74, 6) is 0.789. The zero-order valence-corrected chi connectivity index (χ0v) is 9.34. The van der Waals surface area contributed by atoms with E-state index >= 15 is 0 Å². The van der Waals surface area contributed by atoms with Gasteiger partial charge in [-0.05, 0) is 19.1 Å². The van der Waals surface area contributed by atoms with Gasteiger partial charge in [0.2, 0.25) is 0 Å². The van der Waals surface area contributed by atoms with E-state index in [9.17, 15) is 0 Å². The molecular formula is C11H14N4O.